The summed E-state index contributed by atoms with van der Waals surface area (Å²) >= 11 is 0. The second kappa shape index (κ2) is 18.2. The largest absolute Gasteiger partial charge is 0.445 e. The van der Waals surface area contributed by atoms with E-state index in [1.54, 1.807) is 91.0 Å². The molecule has 1 aliphatic heterocycles. The zero-order valence-corrected chi connectivity index (χ0v) is 26.4. The average Bonchev–Trinajstić information content (AvgIpc) is 3.43. The van der Waals surface area contributed by atoms with Crippen LogP contribution in [0.25, 0.3) is 0 Å². The first kappa shape index (κ1) is 35.6. The number of hydrogen-bond acceptors (Lipinski definition) is 11. The molecule has 4 rings (SSSR count). The molecule has 0 radical (unpaired) electrons. The molecule has 1 fully saturated rings. The normalized spacial score (nSPS) is 13.3. The standard InChI is InChI=1S/C34H35N5O10/c35-31(38(33(44)47-22-25-13-6-2-7-14-25)34(45)48-23-26-15-8-3-9-16-26)36-20-10-17-27(30(42)49-39-28(40)18-19-29(39)41)37-32(43)46-21-24-11-4-1-5-12-24/h1-9,11-16,27H,10,17-23H2,(H2,35,36)(H,37,43)/t27-/m1/s1. The van der Waals surface area contributed by atoms with E-state index in [9.17, 15) is 28.8 Å². The quantitative estimate of drug-likeness (QED) is 0.0876. The molecule has 3 aromatic carbocycles. The smallest absolute Gasteiger partial charge is 0.426 e. The van der Waals surface area contributed by atoms with Gasteiger partial charge in [-0.15, -0.1) is 9.96 Å². The number of hydrogen-bond donors (Lipinski definition) is 2. The summed E-state index contributed by atoms with van der Waals surface area (Å²) in [5.41, 5.74) is 8.08. The van der Waals surface area contributed by atoms with Crippen molar-refractivity contribution in [2.75, 3.05) is 6.54 Å². The van der Waals surface area contributed by atoms with E-state index in [2.05, 4.69) is 10.3 Å². The number of carbonyl (C=O) groups excluding carboxylic acids is 6. The van der Waals surface area contributed by atoms with Crippen molar-refractivity contribution < 1.29 is 47.8 Å². The van der Waals surface area contributed by atoms with E-state index in [1.807, 2.05) is 0 Å². The molecule has 5 amide bonds. The third-order valence-corrected chi connectivity index (χ3v) is 6.91. The zero-order chi connectivity index (χ0) is 35.0. The number of hydroxylamine groups is 2. The number of imide groups is 2. The Kier molecular flexibility index (Phi) is 13.2. The van der Waals surface area contributed by atoms with Gasteiger partial charge in [-0.05, 0) is 29.5 Å². The summed E-state index contributed by atoms with van der Waals surface area (Å²) in [5.74, 6) is -3.02. The van der Waals surface area contributed by atoms with Gasteiger partial charge in [0, 0.05) is 19.4 Å². The molecule has 0 saturated carbocycles. The summed E-state index contributed by atoms with van der Waals surface area (Å²) in [7, 11) is 0. The van der Waals surface area contributed by atoms with Crippen molar-refractivity contribution in [3.63, 3.8) is 0 Å². The van der Waals surface area contributed by atoms with Gasteiger partial charge >= 0.3 is 24.2 Å². The number of rotatable bonds is 13. The Hall–Kier alpha value is -6.25. The van der Waals surface area contributed by atoms with Gasteiger partial charge in [0.15, 0.2) is 0 Å². The number of ether oxygens (including phenoxy) is 3. The second-order valence-electron chi connectivity index (χ2n) is 10.5. The van der Waals surface area contributed by atoms with Crippen LogP contribution in [0.3, 0.4) is 0 Å². The Morgan fingerprint density at radius 2 is 1.18 bits per heavy atom. The summed E-state index contributed by atoms with van der Waals surface area (Å²) < 4.78 is 15.8. The minimum absolute atomic E-state index is 0.0489. The summed E-state index contributed by atoms with van der Waals surface area (Å²) in [6.45, 7) is -0.554. The number of nitrogens with two attached hydrogens (primary N) is 1. The lowest BCUT2D eigenvalue weighted by molar-refractivity contribution is -0.199. The number of nitrogens with zero attached hydrogens (tertiary/aromatic N) is 3. The van der Waals surface area contributed by atoms with E-state index in [-0.39, 0.29) is 52.0 Å². The lowest BCUT2D eigenvalue weighted by Gasteiger charge is -2.20. The van der Waals surface area contributed by atoms with Crippen molar-refractivity contribution >= 4 is 42.0 Å². The maximum absolute atomic E-state index is 13.0. The fraction of sp³-hybridized carbons (Fsp3) is 0.265. The van der Waals surface area contributed by atoms with Crippen LogP contribution in [0.15, 0.2) is 96.0 Å². The predicted molar refractivity (Wildman–Crippen MR) is 172 cm³/mol. The van der Waals surface area contributed by atoms with Crippen LogP contribution in [0.4, 0.5) is 14.4 Å². The summed E-state index contributed by atoms with van der Waals surface area (Å²) in [6.07, 6.45) is -3.53. The fourth-order valence-electron chi connectivity index (χ4n) is 4.36. The van der Waals surface area contributed by atoms with Crippen LogP contribution in [-0.4, -0.2) is 64.6 Å². The SMILES string of the molecule is NC(=NCCC[C@@H](NC(=O)OCc1ccccc1)C(=O)ON1C(=O)CCC1=O)N(C(=O)OCc1ccccc1)C(=O)OCc1ccccc1. The highest BCUT2D eigenvalue weighted by Gasteiger charge is 2.35. The van der Waals surface area contributed by atoms with E-state index in [1.165, 1.54) is 0 Å². The zero-order valence-electron chi connectivity index (χ0n) is 26.4. The highest BCUT2D eigenvalue weighted by Crippen LogP contribution is 2.14. The van der Waals surface area contributed by atoms with Crippen LogP contribution in [-0.2, 0) is 53.3 Å². The molecule has 1 saturated heterocycles. The van der Waals surface area contributed by atoms with Gasteiger partial charge in [0.1, 0.15) is 25.9 Å². The molecule has 1 aliphatic rings. The van der Waals surface area contributed by atoms with Gasteiger partial charge in [-0.3, -0.25) is 14.6 Å². The molecule has 0 bridgehead atoms. The van der Waals surface area contributed by atoms with Gasteiger partial charge in [0.05, 0.1) is 0 Å². The van der Waals surface area contributed by atoms with Crippen molar-refractivity contribution in [3.05, 3.63) is 108 Å². The van der Waals surface area contributed by atoms with Crippen LogP contribution >= 0.6 is 0 Å². The molecule has 1 atom stereocenters. The van der Waals surface area contributed by atoms with E-state index < -0.39 is 48.1 Å². The Morgan fingerprint density at radius 3 is 1.65 bits per heavy atom. The first-order valence-electron chi connectivity index (χ1n) is 15.3. The van der Waals surface area contributed by atoms with Crippen molar-refractivity contribution in [1.29, 1.82) is 0 Å². The number of benzene rings is 3. The molecule has 0 unspecified atom stereocenters. The molecular formula is C34H35N5O10. The van der Waals surface area contributed by atoms with Crippen molar-refractivity contribution in [2.45, 2.75) is 51.5 Å². The third-order valence-electron chi connectivity index (χ3n) is 6.91. The fourth-order valence-corrected chi connectivity index (χ4v) is 4.36. The molecule has 3 N–H and O–H groups in total. The maximum atomic E-state index is 13.0. The van der Waals surface area contributed by atoms with Crippen LogP contribution in [0.1, 0.15) is 42.4 Å². The average molecular weight is 674 g/mol. The number of nitrogens with one attached hydrogen (secondary N) is 1. The topological polar surface area (TPSA) is 196 Å². The van der Waals surface area contributed by atoms with E-state index in [4.69, 9.17) is 24.8 Å². The van der Waals surface area contributed by atoms with Gasteiger partial charge in [-0.2, -0.15) is 0 Å². The number of carbonyl (C=O) groups is 6. The lowest BCUT2D eigenvalue weighted by atomic mass is 10.1. The second-order valence-corrected chi connectivity index (χ2v) is 10.5. The molecule has 256 valence electrons. The minimum atomic E-state index is -1.37. The van der Waals surface area contributed by atoms with E-state index in [0.29, 0.717) is 26.7 Å². The highest BCUT2D eigenvalue weighted by atomic mass is 16.7. The molecule has 15 nitrogen and oxygen atoms in total. The Labute approximate surface area is 281 Å². The molecule has 0 spiro atoms. The van der Waals surface area contributed by atoms with Gasteiger partial charge in [-0.1, -0.05) is 91.0 Å². The molecule has 49 heavy (non-hydrogen) atoms. The maximum Gasteiger partial charge on any atom is 0.426 e. The predicted octanol–water partition coefficient (Wildman–Crippen LogP) is 3.96. The van der Waals surface area contributed by atoms with Crippen LogP contribution in [0.2, 0.25) is 0 Å². The number of guanidine groups is 1. The first-order valence-corrected chi connectivity index (χ1v) is 15.3. The molecule has 3 aromatic rings. The number of alkyl carbamates (subject to hydrolysis) is 1. The minimum Gasteiger partial charge on any atom is -0.445 e. The summed E-state index contributed by atoms with van der Waals surface area (Å²) in [6, 6.07) is 25.0. The van der Waals surface area contributed by atoms with Crippen LogP contribution in [0, 0.1) is 0 Å². The Balaban J connectivity index is 1.40. The Morgan fingerprint density at radius 1 is 0.735 bits per heavy atom. The summed E-state index contributed by atoms with van der Waals surface area (Å²) in [5, 5.41) is 2.74. The van der Waals surface area contributed by atoms with Gasteiger partial charge in [0.2, 0.25) is 5.96 Å². The summed E-state index contributed by atoms with van der Waals surface area (Å²) in [4.78, 5) is 85.1. The number of amides is 5. The van der Waals surface area contributed by atoms with Gasteiger partial charge < -0.3 is 30.1 Å². The van der Waals surface area contributed by atoms with E-state index >= 15 is 0 Å². The van der Waals surface area contributed by atoms with Crippen molar-refractivity contribution in [1.82, 2.24) is 15.3 Å². The highest BCUT2D eigenvalue weighted by molar-refractivity contribution is 6.07. The van der Waals surface area contributed by atoms with Crippen LogP contribution in [0.5, 0.6) is 0 Å². The molecule has 0 aromatic heterocycles. The third kappa shape index (κ3) is 11.2. The molecule has 15 heteroatoms. The van der Waals surface area contributed by atoms with Crippen LogP contribution < -0.4 is 11.1 Å². The Bertz CT molecular complexity index is 1570. The van der Waals surface area contributed by atoms with Crippen molar-refractivity contribution in [2.24, 2.45) is 10.7 Å². The monoisotopic (exact) mass is 673 g/mol. The molecule has 1 heterocycles. The first-order chi connectivity index (χ1) is 23.7. The molecule has 0 aliphatic carbocycles. The van der Waals surface area contributed by atoms with Gasteiger partial charge in [-0.25, -0.2) is 19.2 Å². The number of aliphatic imine (C=N–C) groups is 1. The molecular weight excluding hydrogens is 638 g/mol. The van der Waals surface area contributed by atoms with Gasteiger partial charge in [0.25, 0.3) is 11.8 Å². The lowest BCUT2D eigenvalue weighted by Crippen LogP contribution is -2.47. The van der Waals surface area contributed by atoms with E-state index in [0.717, 1.165) is 0 Å². The van der Waals surface area contributed by atoms with Crippen molar-refractivity contribution in [3.8, 4) is 0 Å².